The maximum absolute atomic E-state index is 12.4. The zero-order chi connectivity index (χ0) is 20.5. The van der Waals surface area contributed by atoms with E-state index in [1.54, 1.807) is 17.8 Å². The third kappa shape index (κ3) is 3.31. The third-order valence-electron chi connectivity index (χ3n) is 4.94. The van der Waals surface area contributed by atoms with E-state index < -0.39 is 11.2 Å². The van der Waals surface area contributed by atoms with Crippen LogP contribution in [0.1, 0.15) is 12.8 Å². The zero-order valence-electron chi connectivity index (χ0n) is 16.1. The fraction of sp³-hybridized carbons (Fsp3) is 0.250. The molecule has 3 heterocycles. The molecule has 0 saturated carbocycles. The van der Waals surface area contributed by atoms with Crippen LogP contribution in [0.25, 0.3) is 22.1 Å². The molecule has 4 aromatic rings. The summed E-state index contributed by atoms with van der Waals surface area (Å²) in [6.45, 7) is 0.439. The molecule has 0 unspecified atom stereocenters. The molecule has 0 aliphatic carbocycles. The Labute approximate surface area is 165 Å². The summed E-state index contributed by atoms with van der Waals surface area (Å²) in [5.41, 5.74) is 1.42. The Bertz CT molecular complexity index is 1340. The average molecular weight is 392 g/mol. The van der Waals surface area contributed by atoms with Crippen molar-refractivity contribution in [3.8, 4) is 0 Å². The van der Waals surface area contributed by atoms with E-state index in [0.29, 0.717) is 24.1 Å². The second-order valence-electron chi connectivity index (χ2n) is 6.84. The summed E-state index contributed by atoms with van der Waals surface area (Å²) in [7, 11) is 3.02. The van der Waals surface area contributed by atoms with Gasteiger partial charge < -0.3 is 9.88 Å². The number of rotatable bonds is 5. The molecule has 1 amide bonds. The highest BCUT2D eigenvalue weighted by Gasteiger charge is 2.14. The van der Waals surface area contributed by atoms with Crippen molar-refractivity contribution in [3.63, 3.8) is 0 Å². The molecule has 0 radical (unpaired) electrons. The second kappa shape index (κ2) is 7.34. The summed E-state index contributed by atoms with van der Waals surface area (Å²) in [6.07, 6.45) is 4.04. The molecule has 3 aromatic heterocycles. The van der Waals surface area contributed by atoms with Gasteiger partial charge in [-0.2, -0.15) is 0 Å². The third-order valence-corrected chi connectivity index (χ3v) is 4.94. The molecular weight excluding hydrogens is 372 g/mol. The first-order valence-electron chi connectivity index (χ1n) is 9.22. The minimum atomic E-state index is -0.420. The van der Waals surface area contributed by atoms with Gasteiger partial charge in [0, 0.05) is 38.6 Å². The lowest BCUT2D eigenvalue weighted by Crippen LogP contribution is -2.37. The standard InChI is InChI=1S/C20H20N6O3/c1-24-18-17(19(28)25(2)20(24)29)26(12-22-18)11-5-9-16(27)23-15-8-3-7-14-13(15)6-4-10-21-14/h3-4,6-8,10,12H,5,9,11H2,1-2H3,(H,23,27). The van der Waals surface area contributed by atoms with E-state index in [9.17, 15) is 14.4 Å². The maximum atomic E-state index is 12.4. The van der Waals surface area contributed by atoms with Crippen LogP contribution in [0.2, 0.25) is 0 Å². The van der Waals surface area contributed by atoms with Gasteiger partial charge in [0.25, 0.3) is 5.56 Å². The van der Waals surface area contributed by atoms with Crippen LogP contribution in [0.5, 0.6) is 0 Å². The molecule has 0 fully saturated rings. The Kier molecular flexibility index (Phi) is 4.71. The number of carbonyl (C=O) groups is 1. The molecule has 0 spiro atoms. The van der Waals surface area contributed by atoms with Gasteiger partial charge in [-0.3, -0.25) is 23.7 Å². The van der Waals surface area contributed by atoms with Gasteiger partial charge in [-0.25, -0.2) is 9.78 Å². The maximum Gasteiger partial charge on any atom is 0.332 e. The molecular formula is C20H20N6O3. The Morgan fingerprint density at radius 3 is 2.72 bits per heavy atom. The smallest absolute Gasteiger partial charge is 0.325 e. The molecule has 148 valence electrons. The van der Waals surface area contributed by atoms with Gasteiger partial charge in [-0.15, -0.1) is 0 Å². The Morgan fingerprint density at radius 2 is 1.90 bits per heavy atom. The normalized spacial score (nSPS) is 11.2. The van der Waals surface area contributed by atoms with Crippen molar-refractivity contribution in [2.75, 3.05) is 5.32 Å². The number of aromatic nitrogens is 5. The first-order valence-corrected chi connectivity index (χ1v) is 9.22. The quantitative estimate of drug-likeness (QED) is 0.553. The van der Waals surface area contributed by atoms with Crippen LogP contribution in [0, 0.1) is 0 Å². The molecule has 0 atom stereocenters. The molecule has 0 aliphatic rings. The summed E-state index contributed by atoms with van der Waals surface area (Å²) in [5.74, 6) is -0.119. The number of nitrogens with one attached hydrogen (secondary N) is 1. The average Bonchev–Trinajstić information content (AvgIpc) is 3.15. The van der Waals surface area contributed by atoms with E-state index in [2.05, 4.69) is 15.3 Å². The number of nitrogens with zero attached hydrogens (tertiary/aromatic N) is 5. The topological polar surface area (TPSA) is 104 Å². The van der Waals surface area contributed by atoms with Crippen LogP contribution in [0.15, 0.2) is 52.4 Å². The van der Waals surface area contributed by atoms with Crippen LogP contribution in [-0.4, -0.2) is 29.6 Å². The summed E-state index contributed by atoms with van der Waals surface area (Å²) in [4.78, 5) is 45.3. The van der Waals surface area contributed by atoms with Crippen LogP contribution in [-0.2, 0) is 25.4 Å². The second-order valence-corrected chi connectivity index (χ2v) is 6.84. The van der Waals surface area contributed by atoms with Crippen molar-refractivity contribution in [1.29, 1.82) is 0 Å². The van der Waals surface area contributed by atoms with Gasteiger partial charge in [0.15, 0.2) is 11.2 Å². The van der Waals surface area contributed by atoms with Crippen LogP contribution in [0.4, 0.5) is 5.69 Å². The van der Waals surface area contributed by atoms with E-state index in [0.717, 1.165) is 21.2 Å². The van der Waals surface area contributed by atoms with Crippen molar-refractivity contribution in [1.82, 2.24) is 23.7 Å². The number of amides is 1. The Hall–Kier alpha value is -3.75. The summed E-state index contributed by atoms with van der Waals surface area (Å²) in [6, 6.07) is 9.33. The SMILES string of the molecule is Cn1c(=O)c2c(ncn2CCCC(=O)Nc2cccc3ncccc23)n(C)c1=O. The number of fused-ring (bicyclic) bond motifs is 2. The van der Waals surface area contributed by atoms with Gasteiger partial charge in [0.1, 0.15) is 0 Å². The van der Waals surface area contributed by atoms with E-state index >= 15 is 0 Å². The number of imidazole rings is 1. The van der Waals surface area contributed by atoms with Gasteiger partial charge in [-0.1, -0.05) is 6.07 Å². The Morgan fingerprint density at radius 1 is 1.07 bits per heavy atom. The molecule has 4 rings (SSSR count). The van der Waals surface area contributed by atoms with E-state index in [4.69, 9.17) is 0 Å². The van der Waals surface area contributed by atoms with Gasteiger partial charge in [0.05, 0.1) is 17.5 Å². The molecule has 0 bridgehead atoms. The number of aryl methyl sites for hydroxylation is 2. The molecule has 0 aliphatic heterocycles. The Balaban J connectivity index is 1.47. The summed E-state index contributed by atoms with van der Waals surface area (Å²) in [5, 5.41) is 3.81. The minimum absolute atomic E-state index is 0.119. The van der Waals surface area contributed by atoms with Crippen LogP contribution in [0.3, 0.4) is 0 Å². The number of carbonyl (C=O) groups excluding carboxylic acids is 1. The van der Waals surface area contributed by atoms with E-state index in [1.807, 2.05) is 30.3 Å². The number of pyridine rings is 1. The van der Waals surface area contributed by atoms with Crippen molar-refractivity contribution in [2.45, 2.75) is 19.4 Å². The highest BCUT2D eigenvalue weighted by molar-refractivity contribution is 6.00. The highest BCUT2D eigenvalue weighted by atomic mass is 16.2. The number of hydrogen-bond donors (Lipinski definition) is 1. The predicted molar refractivity (Wildman–Crippen MR) is 110 cm³/mol. The lowest BCUT2D eigenvalue weighted by atomic mass is 10.1. The molecule has 9 nitrogen and oxygen atoms in total. The van der Waals surface area contributed by atoms with E-state index in [-0.39, 0.29) is 12.3 Å². The number of anilines is 1. The van der Waals surface area contributed by atoms with Crippen molar-refractivity contribution in [2.24, 2.45) is 14.1 Å². The predicted octanol–water partition coefficient (Wildman–Crippen LogP) is 1.40. The minimum Gasteiger partial charge on any atom is -0.325 e. The highest BCUT2D eigenvalue weighted by Crippen LogP contribution is 2.21. The molecule has 9 heteroatoms. The van der Waals surface area contributed by atoms with E-state index in [1.165, 1.54) is 17.9 Å². The lowest BCUT2D eigenvalue weighted by Gasteiger charge is -2.09. The fourth-order valence-corrected chi connectivity index (χ4v) is 3.40. The molecule has 29 heavy (non-hydrogen) atoms. The molecule has 1 aromatic carbocycles. The van der Waals surface area contributed by atoms with Gasteiger partial charge >= 0.3 is 5.69 Å². The van der Waals surface area contributed by atoms with Crippen molar-refractivity contribution < 1.29 is 4.79 Å². The largest absolute Gasteiger partial charge is 0.332 e. The van der Waals surface area contributed by atoms with Crippen molar-refractivity contribution in [3.05, 3.63) is 63.7 Å². The number of hydrogen-bond acceptors (Lipinski definition) is 5. The first-order chi connectivity index (χ1) is 14.0. The van der Waals surface area contributed by atoms with Crippen LogP contribution >= 0.6 is 0 Å². The van der Waals surface area contributed by atoms with Gasteiger partial charge in [-0.05, 0) is 30.7 Å². The zero-order valence-corrected chi connectivity index (χ0v) is 16.1. The number of benzene rings is 1. The molecule has 1 N–H and O–H groups in total. The molecule has 0 saturated heterocycles. The summed E-state index contributed by atoms with van der Waals surface area (Å²) >= 11 is 0. The fourth-order valence-electron chi connectivity index (χ4n) is 3.40. The van der Waals surface area contributed by atoms with Gasteiger partial charge in [0.2, 0.25) is 5.91 Å². The first kappa shape index (κ1) is 18.6. The van der Waals surface area contributed by atoms with Crippen LogP contribution < -0.4 is 16.6 Å². The lowest BCUT2D eigenvalue weighted by molar-refractivity contribution is -0.116. The summed E-state index contributed by atoms with van der Waals surface area (Å²) < 4.78 is 4.09. The monoisotopic (exact) mass is 392 g/mol. The van der Waals surface area contributed by atoms with Crippen molar-refractivity contribution >= 4 is 33.7 Å².